The summed E-state index contributed by atoms with van der Waals surface area (Å²) >= 11 is 1.75. The smallest absolute Gasteiger partial charge is 0.254 e. The van der Waals surface area contributed by atoms with Gasteiger partial charge in [-0.2, -0.15) is 0 Å². The van der Waals surface area contributed by atoms with Gasteiger partial charge in [0.05, 0.1) is 17.5 Å². The van der Waals surface area contributed by atoms with Crippen LogP contribution in [0.15, 0.2) is 35.7 Å². The van der Waals surface area contributed by atoms with E-state index in [9.17, 15) is 13.2 Å². The molecule has 0 aliphatic carbocycles. The molecule has 132 valence electrons. The number of rotatable bonds is 2. The number of sulfonamides is 1. The molecule has 4 rings (SSSR count). The van der Waals surface area contributed by atoms with E-state index in [0.717, 1.165) is 6.42 Å². The van der Waals surface area contributed by atoms with Crippen molar-refractivity contribution < 1.29 is 13.2 Å². The first kappa shape index (κ1) is 16.6. The maximum absolute atomic E-state index is 13.0. The topological polar surface area (TPSA) is 57.7 Å². The molecule has 1 saturated heterocycles. The maximum Gasteiger partial charge on any atom is 0.254 e. The SMILES string of the molecule is C[C@H]1c2ccsc2CCN1C(=O)c1cccc(N2CCCS2(=O)=O)c1. The third-order valence-electron chi connectivity index (χ3n) is 5.02. The quantitative estimate of drug-likeness (QED) is 0.809. The Bertz CT molecular complexity index is 920. The highest BCUT2D eigenvalue weighted by atomic mass is 32.2. The lowest BCUT2D eigenvalue weighted by molar-refractivity contribution is 0.0679. The minimum absolute atomic E-state index is 0.0391. The van der Waals surface area contributed by atoms with Crippen LogP contribution in [0.4, 0.5) is 5.69 Å². The molecule has 1 atom stereocenters. The highest BCUT2D eigenvalue weighted by Crippen LogP contribution is 2.34. The molecule has 1 aromatic carbocycles. The number of thiophene rings is 1. The first-order valence-corrected chi connectivity index (χ1v) is 10.9. The summed E-state index contributed by atoms with van der Waals surface area (Å²) in [5.74, 6) is 0.137. The van der Waals surface area contributed by atoms with Crippen LogP contribution >= 0.6 is 11.3 Å². The molecule has 0 spiro atoms. The monoisotopic (exact) mass is 376 g/mol. The Morgan fingerprint density at radius 2 is 2.08 bits per heavy atom. The molecule has 25 heavy (non-hydrogen) atoms. The van der Waals surface area contributed by atoms with Crippen LogP contribution in [0.5, 0.6) is 0 Å². The average molecular weight is 377 g/mol. The lowest BCUT2D eigenvalue weighted by atomic mass is 10.00. The van der Waals surface area contributed by atoms with Gasteiger partial charge in [0.25, 0.3) is 5.91 Å². The molecule has 1 amide bonds. The van der Waals surface area contributed by atoms with Gasteiger partial charge >= 0.3 is 0 Å². The number of anilines is 1. The van der Waals surface area contributed by atoms with Gasteiger partial charge in [0.2, 0.25) is 10.0 Å². The molecule has 2 aliphatic heterocycles. The Kier molecular flexibility index (Phi) is 4.08. The van der Waals surface area contributed by atoms with Crippen molar-refractivity contribution in [1.29, 1.82) is 0 Å². The van der Waals surface area contributed by atoms with Crippen LogP contribution in [0.2, 0.25) is 0 Å². The summed E-state index contributed by atoms with van der Waals surface area (Å²) < 4.78 is 25.7. The molecule has 0 unspecified atom stereocenters. The van der Waals surface area contributed by atoms with Crippen molar-refractivity contribution in [1.82, 2.24) is 4.90 Å². The fourth-order valence-corrected chi connectivity index (χ4v) is 6.20. The number of nitrogens with zero attached hydrogens (tertiary/aromatic N) is 2. The summed E-state index contributed by atoms with van der Waals surface area (Å²) in [6.45, 7) is 3.23. The Morgan fingerprint density at radius 3 is 2.84 bits per heavy atom. The van der Waals surface area contributed by atoms with E-state index in [0.29, 0.717) is 30.8 Å². The van der Waals surface area contributed by atoms with Gasteiger partial charge in [-0.3, -0.25) is 9.10 Å². The number of carbonyl (C=O) groups excluding carboxylic acids is 1. The van der Waals surface area contributed by atoms with Crippen molar-refractivity contribution in [3.8, 4) is 0 Å². The molecule has 1 fully saturated rings. The van der Waals surface area contributed by atoms with Crippen LogP contribution in [-0.2, 0) is 16.4 Å². The van der Waals surface area contributed by atoms with Crippen LogP contribution in [-0.4, -0.2) is 38.1 Å². The van der Waals surface area contributed by atoms with Gasteiger partial charge in [0, 0.05) is 23.5 Å². The zero-order valence-electron chi connectivity index (χ0n) is 14.0. The number of hydrogen-bond acceptors (Lipinski definition) is 4. The summed E-state index contributed by atoms with van der Waals surface area (Å²) in [6.07, 6.45) is 1.51. The van der Waals surface area contributed by atoms with Crippen molar-refractivity contribution in [3.05, 3.63) is 51.7 Å². The Labute approximate surface area is 151 Å². The predicted octanol–water partition coefficient (Wildman–Crippen LogP) is 3.05. The van der Waals surface area contributed by atoms with Crippen LogP contribution in [0.3, 0.4) is 0 Å². The minimum atomic E-state index is -3.24. The van der Waals surface area contributed by atoms with Crippen LogP contribution in [0.1, 0.15) is 40.2 Å². The third-order valence-corrected chi connectivity index (χ3v) is 7.88. The van der Waals surface area contributed by atoms with E-state index in [4.69, 9.17) is 0 Å². The summed E-state index contributed by atoms with van der Waals surface area (Å²) in [5, 5.41) is 2.08. The van der Waals surface area contributed by atoms with E-state index in [2.05, 4.69) is 18.4 Å². The molecule has 7 heteroatoms. The zero-order valence-corrected chi connectivity index (χ0v) is 15.6. The second-order valence-corrected chi connectivity index (χ2v) is 9.53. The molecule has 2 aromatic rings. The Balaban J connectivity index is 1.62. The molecule has 5 nitrogen and oxygen atoms in total. The van der Waals surface area contributed by atoms with E-state index in [1.54, 1.807) is 35.6 Å². The van der Waals surface area contributed by atoms with Gasteiger partial charge in [-0.05, 0) is 55.0 Å². The summed E-state index contributed by atoms with van der Waals surface area (Å²) in [6, 6.07) is 9.14. The molecule has 2 aliphatic rings. The minimum Gasteiger partial charge on any atom is -0.331 e. The molecular weight excluding hydrogens is 356 g/mol. The van der Waals surface area contributed by atoms with Crippen molar-refractivity contribution >= 4 is 33.0 Å². The summed E-state index contributed by atoms with van der Waals surface area (Å²) in [7, 11) is -3.24. The molecule has 3 heterocycles. The highest BCUT2D eigenvalue weighted by molar-refractivity contribution is 7.93. The van der Waals surface area contributed by atoms with Crippen LogP contribution in [0, 0.1) is 0 Å². The van der Waals surface area contributed by atoms with E-state index >= 15 is 0 Å². The lowest BCUT2D eigenvalue weighted by Crippen LogP contribution is -2.38. The summed E-state index contributed by atoms with van der Waals surface area (Å²) in [4.78, 5) is 16.3. The normalized spacial score (nSPS) is 22.0. The predicted molar refractivity (Wildman–Crippen MR) is 99.7 cm³/mol. The molecular formula is C18H20N2O3S2. The maximum atomic E-state index is 13.0. The van der Waals surface area contributed by atoms with Crippen LogP contribution < -0.4 is 4.31 Å². The fourth-order valence-electron chi connectivity index (χ4n) is 3.68. The largest absolute Gasteiger partial charge is 0.331 e. The van der Waals surface area contributed by atoms with Crippen molar-refractivity contribution in [2.45, 2.75) is 25.8 Å². The Morgan fingerprint density at radius 1 is 1.24 bits per heavy atom. The lowest BCUT2D eigenvalue weighted by Gasteiger charge is -2.34. The van der Waals surface area contributed by atoms with Crippen molar-refractivity contribution in [3.63, 3.8) is 0 Å². The first-order valence-electron chi connectivity index (χ1n) is 8.45. The first-order chi connectivity index (χ1) is 12.0. The van der Waals surface area contributed by atoms with Gasteiger partial charge in [-0.25, -0.2) is 8.42 Å². The molecule has 0 N–H and O–H groups in total. The number of hydrogen-bond donors (Lipinski definition) is 0. The molecule has 1 aromatic heterocycles. The molecule has 0 radical (unpaired) electrons. The van der Waals surface area contributed by atoms with Crippen molar-refractivity contribution in [2.24, 2.45) is 0 Å². The number of amides is 1. The van der Waals surface area contributed by atoms with Gasteiger partial charge in [-0.1, -0.05) is 6.07 Å². The van der Waals surface area contributed by atoms with Gasteiger partial charge in [0.15, 0.2) is 0 Å². The van der Waals surface area contributed by atoms with Gasteiger partial charge < -0.3 is 4.90 Å². The van der Waals surface area contributed by atoms with E-state index in [1.807, 2.05) is 4.90 Å². The Hall–Kier alpha value is -1.86. The standard InChI is InChI=1S/C18H20N2O3S2/c1-13-16-7-10-24-17(16)6-9-19(13)18(21)14-4-2-5-15(12-14)20-8-3-11-25(20,22)23/h2,4-5,7,10,12-13H,3,6,8-9,11H2,1H3/t13-/m0/s1. The summed E-state index contributed by atoms with van der Waals surface area (Å²) in [5.41, 5.74) is 2.36. The third kappa shape index (κ3) is 2.85. The van der Waals surface area contributed by atoms with Crippen LogP contribution in [0.25, 0.3) is 0 Å². The number of carbonyl (C=O) groups is 1. The molecule has 0 saturated carbocycles. The highest BCUT2D eigenvalue weighted by Gasteiger charge is 2.31. The van der Waals surface area contributed by atoms with Crippen molar-refractivity contribution in [2.75, 3.05) is 23.1 Å². The molecule has 0 bridgehead atoms. The number of fused-ring (bicyclic) bond motifs is 1. The fraction of sp³-hybridized carbons (Fsp3) is 0.389. The number of benzene rings is 1. The second kappa shape index (κ2) is 6.14. The second-order valence-electron chi connectivity index (χ2n) is 6.52. The van der Waals surface area contributed by atoms with Gasteiger partial charge in [-0.15, -0.1) is 11.3 Å². The average Bonchev–Trinajstić information content (AvgIpc) is 3.21. The zero-order chi connectivity index (χ0) is 17.6. The van der Waals surface area contributed by atoms with E-state index < -0.39 is 10.0 Å². The van der Waals surface area contributed by atoms with E-state index in [-0.39, 0.29) is 17.7 Å². The van der Waals surface area contributed by atoms with Gasteiger partial charge in [0.1, 0.15) is 0 Å². The van der Waals surface area contributed by atoms with E-state index in [1.165, 1.54) is 14.7 Å².